The SMILES string of the molecule is CN=C(NCCCOc1ccc(C)cc1)NCC1CCCO1. The van der Waals surface area contributed by atoms with Crippen LogP contribution in [0.1, 0.15) is 24.8 Å². The van der Waals surface area contributed by atoms with Crippen molar-refractivity contribution in [3.63, 3.8) is 0 Å². The minimum Gasteiger partial charge on any atom is -0.494 e. The summed E-state index contributed by atoms with van der Waals surface area (Å²) in [5, 5.41) is 6.59. The number of benzene rings is 1. The highest BCUT2D eigenvalue weighted by Crippen LogP contribution is 2.11. The zero-order chi connectivity index (χ0) is 15.6. The maximum Gasteiger partial charge on any atom is 0.191 e. The van der Waals surface area contributed by atoms with E-state index in [1.54, 1.807) is 7.05 Å². The number of hydrogen-bond donors (Lipinski definition) is 2. The summed E-state index contributed by atoms with van der Waals surface area (Å²) in [4.78, 5) is 4.21. The molecule has 0 bridgehead atoms. The van der Waals surface area contributed by atoms with Gasteiger partial charge in [-0.3, -0.25) is 4.99 Å². The first-order chi connectivity index (χ1) is 10.8. The fourth-order valence-electron chi connectivity index (χ4n) is 2.34. The van der Waals surface area contributed by atoms with Crippen LogP contribution >= 0.6 is 0 Å². The average Bonchev–Trinajstić information content (AvgIpc) is 3.05. The lowest BCUT2D eigenvalue weighted by atomic mass is 10.2. The summed E-state index contributed by atoms with van der Waals surface area (Å²) in [7, 11) is 1.79. The molecule has 5 nitrogen and oxygen atoms in total. The normalized spacial score (nSPS) is 18.3. The molecule has 2 rings (SSSR count). The van der Waals surface area contributed by atoms with Crippen LogP contribution in [-0.4, -0.2) is 45.4 Å². The molecule has 1 aromatic rings. The predicted molar refractivity (Wildman–Crippen MR) is 89.6 cm³/mol. The van der Waals surface area contributed by atoms with Crippen LogP contribution in [0, 0.1) is 6.92 Å². The Balaban J connectivity index is 1.55. The lowest BCUT2D eigenvalue weighted by molar-refractivity contribution is 0.114. The molecule has 1 aliphatic heterocycles. The van der Waals surface area contributed by atoms with E-state index in [9.17, 15) is 0 Å². The Morgan fingerprint density at radius 1 is 1.32 bits per heavy atom. The van der Waals surface area contributed by atoms with Gasteiger partial charge in [-0.15, -0.1) is 0 Å². The van der Waals surface area contributed by atoms with E-state index in [0.717, 1.165) is 50.7 Å². The largest absolute Gasteiger partial charge is 0.494 e. The van der Waals surface area contributed by atoms with Crippen molar-refractivity contribution in [1.29, 1.82) is 0 Å². The second-order valence-corrected chi connectivity index (χ2v) is 5.53. The van der Waals surface area contributed by atoms with E-state index in [1.807, 2.05) is 12.1 Å². The quantitative estimate of drug-likeness (QED) is 0.460. The van der Waals surface area contributed by atoms with Crippen LogP contribution in [0.2, 0.25) is 0 Å². The van der Waals surface area contributed by atoms with E-state index in [0.29, 0.717) is 12.7 Å². The fourth-order valence-corrected chi connectivity index (χ4v) is 2.34. The number of nitrogens with one attached hydrogen (secondary N) is 2. The van der Waals surface area contributed by atoms with E-state index in [-0.39, 0.29) is 0 Å². The number of guanidine groups is 1. The Kier molecular flexibility index (Phi) is 7.03. The molecule has 2 N–H and O–H groups in total. The Hall–Kier alpha value is -1.75. The van der Waals surface area contributed by atoms with Crippen LogP contribution in [0.4, 0.5) is 0 Å². The molecule has 0 amide bonds. The first-order valence-corrected chi connectivity index (χ1v) is 8.03. The van der Waals surface area contributed by atoms with Crippen molar-refractivity contribution in [2.45, 2.75) is 32.3 Å². The van der Waals surface area contributed by atoms with Gasteiger partial charge in [-0.05, 0) is 38.3 Å². The first-order valence-electron chi connectivity index (χ1n) is 8.03. The highest BCUT2D eigenvalue weighted by molar-refractivity contribution is 5.79. The van der Waals surface area contributed by atoms with Gasteiger partial charge in [-0.1, -0.05) is 17.7 Å². The van der Waals surface area contributed by atoms with Gasteiger partial charge in [-0.25, -0.2) is 0 Å². The maximum atomic E-state index is 5.70. The highest BCUT2D eigenvalue weighted by atomic mass is 16.5. The molecule has 1 unspecified atom stereocenters. The molecule has 0 aliphatic carbocycles. The van der Waals surface area contributed by atoms with Gasteiger partial charge in [0.15, 0.2) is 5.96 Å². The summed E-state index contributed by atoms with van der Waals surface area (Å²) >= 11 is 0. The smallest absolute Gasteiger partial charge is 0.191 e. The number of aryl methyl sites for hydroxylation is 1. The molecule has 1 aromatic carbocycles. The van der Waals surface area contributed by atoms with Crippen molar-refractivity contribution >= 4 is 5.96 Å². The van der Waals surface area contributed by atoms with E-state index < -0.39 is 0 Å². The molecule has 22 heavy (non-hydrogen) atoms. The molecule has 1 heterocycles. The zero-order valence-electron chi connectivity index (χ0n) is 13.6. The second kappa shape index (κ2) is 9.30. The van der Waals surface area contributed by atoms with Crippen LogP contribution in [0.5, 0.6) is 5.75 Å². The third-order valence-corrected chi connectivity index (χ3v) is 3.65. The molecule has 0 radical (unpaired) electrons. The fraction of sp³-hybridized carbons (Fsp3) is 0.588. The van der Waals surface area contributed by atoms with Gasteiger partial charge in [0.2, 0.25) is 0 Å². The Labute approximate surface area is 133 Å². The van der Waals surface area contributed by atoms with E-state index in [4.69, 9.17) is 9.47 Å². The van der Waals surface area contributed by atoms with Crippen LogP contribution < -0.4 is 15.4 Å². The average molecular weight is 305 g/mol. The van der Waals surface area contributed by atoms with Crippen molar-refractivity contribution in [1.82, 2.24) is 10.6 Å². The molecule has 1 fully saturated rings. The lowest BCUT2D eigenvalue weighted by Crippen LogP contribution is -2.41. The van der Waals surface area contributed by atoms with Crippen molar-refractivity contribution < 1.29 is 9.47 Å². The predicted octanol–water partition coefficient (Wildman–Crippen LogP) is 2.11. The molecular weight excluding hydrogens is 278 g/mol. The van der Waals surface area contributed by atoms with Crippen molar-refractivity contribution in [3.8, 4) is 5.75 Å². The molecule has 1 saturated heterocycles. The number of ether oxygens (including phenoxy) is 2. The molecule has 1 aliphatic rings. The number of nitrogens with zero attached hydrogens (tertiary/aromatic N) is 1. The molecule has 0 aromatic heterocycles. The first kappa shape index (κ1) is 16.6. The minimum absolute atomic E-state index is 0.323. The van der Waals surface area contributed by atoms with Crippen LogP contribution in [0.15, 0.2) is 29.3 Å². The molecule has 1 atom stereocenters. The molecule has 0 saturated carbocycles. The van der Waals surface area contributed by atoms with E-state index in [1.165, 1.54) is 5.56 Å². The monoisotopic (exact) mass is 305 g/mol. The Morgan fingerprint density at radius 3 is 2.82 bits per heavy atom. The summed E-state index contributed by atoms with van der Waals surface area (Å²) in [6, 6.07) is 8.13. The second-order valence-electron chi connectivity index (χ2n) is 5.53. The standard InChI is InChI=1S/C17H27N3O2/c1-14-6-8-15(9-7-14)21-12-4-10-19-17(18-2)20-13-16-5-3-11-22-16/h6-9,16H,3-5,10-13H2,1-2H3,(H2,18,19,20). The maximum absolute atomic E-state index is 5.70. The Morgan fingerprint density at radius 2 is 2.14 bits per heavy atom. The van der Waals surface area contributed by atoms with Crippen LogP contribution in [0.3, 0.4) is 0 Å². The van der Waals surface area contributed by atoms with Gasteiger partial charge in [0.05, 0.1) is 12.7 Å². The zero-order valence-corrected chi connectivity index (χ0v) is 13.6. The molecular formula is C17H27N3O2. The van der Waals surface area contributed by atoms with Gasteiger partial charge in [0, 0.05) is 26.7 Å². The summed E-state index contributed by atoms with van der Waals surface area (Å²) < 4.78 is 11.3. The van der Waals surface area contributed by atoms with Crippen LogP contribution in [-0.2, 0) is 4.74 Å². The summed E-state index contributed by atoms with van der Waals surface area (Å²) in [5.41, 5.74) is 1.25. The third-order valence-electron chi connectivity index (χ3n) is 3.65. The van der Waals surface area contributed by atoms with Crippen molar-refractivity contribution in [2.75, 3.05) is 33.4 Å². The molecule has 0 spiro atoms. The number of rotatable bonds is 7. The molecule has 122 valence electrons. The summed E-state index contributed by atoms with van der Waals surface area (Å²) in [6.07, 6.45) is 3.54. The van der Waals surface area contributed by atoms with Gasteiger partial charge in [0.25, 0.3) is 0 Å². The van der Waals surface area contributed by atoms with E-state index >= 15 is 0 Å². The van der Waals surface area contributed by atoms with Gasteiger partial charge in [0.1, 0.15) is 5.75 Å². The summed E-state index contributed by atoms with van der Waals surface area (Å²) in [5.74, 6) is 1.75. The number of hydrogen-bond acceptors (Lipinski definition) is 3. The van der Waals surface area contributed by atoms with Crippen LogP contribution in [0.25, 0.3) is 0 Å². The summed E-state index contributed by atoms with van der Waals surface area (Å²) in [6.45, 7) is 5.30. The van der Waals surface area contributed by atoms with Gasteiger partial charge in [-0.2, -0.15) is 0 Å². The Bertz CT molecular complexity index is 453. The highest BCUT2D eigenvalue weighted by Gasteiger charge is 2.15. The lowest BCUT2D eigenvalue weighted by Gasteiger charge is -2.15. The topological polar surface area (TPSA) is 54.9 Å². The van der Waals surface area contributed by atoms with Gasteiger partial charge < -0.3 is 20.1 Å². The van der Waals surface area contributed by atoms with E-state index in [2.05, 4.69) is 34.7 Å². The number of aliphatic imine (C=N–C) groups is 1. The minimum atomic E-state index is 0.323. The van der Waals surface area contributed by atoms with Crippen molar-refractivity contribution in [3.05, 3.63) is 29.8 Å². The van der Waals surface area contributed by atoms with Gasteiger partial charge >= 0.3 is 0 Å². The molecule has 5 heteroatoms. The van der Waals surface area contributed by atoms with Crippen molar-refractivity contribution in [2.24, 2.45) is 4.99 Å². The third kappa shape index (κ3) is 5.93.